The first kappa shape index (κ1) is 18.6. The van der Waals surface area contributed by atoms with E-state index in [4.69, 9.17) is 4.74 Å². The Labute approximate surface area is 173 Å². The van der Waals surface area contributed by atoms with Gasteiger partial charge >= 0.3 is 5.97 Å². The predicted octanol–water partition coefficient (Wildman–Crippen LogP) is 4.72. The van der Waals surface area contributed by atoms with Crippen LogP contribution in [0.3, 0.4) is 0 Å². The van der Waals surface area contributed by atoms with Crippen LogP contribution in [0.2, 0.25) is 0 Å². The van der Waals surface area contributed by atoms with E-state index in [2.05, 4.69) is 20.9 Å². The van der Waals surface area contributed by atoms with Gasteiger partial charge < -0.3 is 4.74 Å². The number of thiophene rings is 1. The van der Waals surface area contributed by atoms with E-state index < -0.39 is 5.97 Å². The van der Waals surface area contributed by atoms with Gasteiger partial charge in [-0.25, -0.2) is 9.78 Å². The second-order valence-corrected chi connectivity index (χ2v) is 7.98. The van der Waals surface area contributed by atoms with Crippen molar-refractivity contribution in [3.05, 3.63) is 86.2 Å². The molecule has 0 radical (unpaired) electrons. The van der Waals surface area contributed by atoms with Gasteiger partial charge in [0.25, 0.3) is 5.56 Å². The Morgan fingerprint density at radius 3 is 2.75 bits per heavy atom. The van der Waals surface area contributed by atoms with Crippen molar-refractivity contribution in [3.63, 3.8) is 0 Å². The Hall–Kier alpha value is -2.77. The van der Waals surface area contributed by atoms with Gasteiger partial charge in [-0.05, 0) is 35.4 Å². The Morgan fingerprint density at radius 2 is 2.00 bits per heavy atom. The zero-order valence-electron chi connectivity index (χ0n) is 14.9. The third-order valence-corrected chi connectivity index (χ3v) is 5.83. The average Bonchev–Trinajstić information content (AvgIpc) is 3.15. The first-order chi connectivity index (χ1) is 13.6. The van der Waals surface area contributed by atoms with Gasteiger partial charge in [0.05, 0.1) is 30.9 Å². The van der Waals surface area contributed by atoms with Crippen molar-refractivity contribution in [2.24, 2.45) is 0 Å². The van der Waals surface area contributed by atoms with Gasteiger partial charge in [0.1, 0.15) is 4.83 Å². The maximum atomic E-state index is 13.2. The summed E-state index contributed by atoms with van der Waals surface area (Å²) in [5.41, 5.74) is 3.02. The summed E-state index contributed by atoms with van der Waals surface area (Å²) in [6, 6.07) is 14.9. The van der Waals surface area contributed by atoms with E-state index in [1.807, 2.05) is 35.7 Å². The normalized spacial score (nSPS) is 10.9. The fourth-order valence-corrected chi connectivity index (χ4v) is 4.20. The first-order valence-electron chi connectivity index (χ1n) is 8.46. The van der Waals surface area contributed by atoms with Crippen LogP contribution < -0.4 is 5.56 Å². The van der Waals surface area contributed by atoms with E-state index >= 15 is 0 Å². The Kier molecular flexibility index (Phi) is 5.11. The molecule has 0 unspecified atom stereocenters. The first-order valence-corrected chi connectivity index (χ1v) is 10.1. The molecule has 5 nitrogen and oxygen atoms in total. The van der Waals surface area contributed by atoms with Crippen molar-refractivity contribution < 1.29 is 9.53 Å². The van der Waals surface area contributed by atoms with Crippen molar-refractivity contribution in [1.82, 2.24) is 9.55 Å². The molecule has 28 heavy (non-hydrogen) atoms. The molecule has 4 rings (SSSR count). The van der Waals surface area contributed by atoms with E-state index in [9.17, 15) is 9.59 Å². The highest BCUT2D eigenvalue weighted by atomic mass is 79.9. The third kappa shape index (κ3) is 3.50. The predicted molar refractivity (Wildman–Crippen MR) is 114 cm³/mol. The molecule has 0 amide bonds. The molecule has 0 N–H and O–H groups in total. The summed E-state index contributed by atoms with van der Waals surface area (Å²) in [6.45, 7) is 0.322. The van der Waals surface area contributed by atoms with Gasteiger partial charge in [0, 0.05) is 15.4 Å². The smallest absolute Gasteiger partial charge is 0.337 e. The van der Waals surface area contributed by atoms with E-state index in [1.54, 1.807) is 29.1 Å². The summed E-state index contributed by atoms with van der Waals surface area (Å²) in [7, 11) is 1.34. The molecule has 0 aliphatic rings. The number of methoxy groups -OCH3 is 1. The molecule has 140 valence electrons. The van der Waals surface area contributed by atoms with Gasteiger partial charge in [-0.3, -0.25) is 9.36 Å². The topological polar surface area (TPSA) is 61.2 Å². The van der Waals surface area contributed by atoms with Crippen molar-refractivity contribution in [3.8, 4) is 11.1 Å². The highest BCUT2D eigenvalue weighted by molar-refractivity contribution is 9.10. The van der Waals surface area contributed by atoms with Crippen molar-refractivity contribution in [2.75, 3.05) is 7.11 Å². The molecule has 0 saturated heterocycles. The summed E-state index contributed by atoms with van der Waals surface area (Å²) in [5, 5.41) is 2.57. The molecule has 2 aromatic heterocycles. The van der Waals surface area contributed by atoms with Gasteiger partial charge in [-0.2, -0.15) is 0 Å². The number of carbonyl (C=O) groups is 1. The Balaban J connectivity index is 1.76. The van der Waals surface area contributed by atoms with Crippen LogP contribution in [-0.2, 0) is 11.3 Å². The second kappa shape index (κ2) is 7.69. The number of rotatable bonds is 4. The largest absolute Gasteiger partial charge is 0.465 e. The number of nitrogens with zero attached hydrogens (tertiary/aromatic N) is 2. The fraction of sp³-hybridized carbons (Fsp3) is 0.0952. The number of halogens is 1. The summed E-state index contributed by atoms with van der Waals surface area (Å²) in [4.78, 5) is 30.1. The minimum Gasteiger partial charge on any atom is -0.465 e. The number of hydrogen-bond acceptors (Lipinski definition) is 5. The lowest BCUT2D eigenvalue weighted by Gasteiger charge is -2.08. The van der Waals surface area contributed by atoms with E-state index in [0.717, 1.165) is 21.2 Å². The zero-order chi connectivity index (χ0) is 19.7. The van der Waals surface area contributed by atoms with Crippen LogP contribution in [-0.4, -0.2) is 22.6 Å². The van der Waals surface area contributed by atoms with Crippen LogP contribution >= 0.6 is 27.3 Å². The minimum atomic E-state index is -0.405. The van der Waals surface area contributed by atoms with Crippen LogP contribution in [0.15, 0.2) is 69.5 Å². The zero-order valence-corrected chi connectivity index (χ0v) is 17.3. The standard InChI is InChI=1S/C21H15BrN2O3S/c1-27-21(26)15-4-2-3-13(9-15)10-24-12-23-19-18(20(24)25)17(11-28-19)14-5-7-16(22)8-6-14/h2-9,11-12H,10H2,1H3. The number of hydrogen-bond donors (Lipinski definition) is 0. The molecule has 0 fully saturated rings. The van der Waals surface area contributed by atoms with Gasteiger partial charge in [-0.1, -0.05) is 40.2 Å². The maximum absolute atomic E-state index is 13.2. The lowest BCUT2D eigenvalue weighted by molar-refractivity contribution is 0.0600. The highest BCUT2D eigenvalue weighted by Gasteiger charge is 2.14. The van der Waals surface area contributed by atoms with Gasteiger partial charge in [0.15, 0.2) is 0 Å². The fourth-order valence-electron chi connectivity index (χ4n) is 3.03. The number of aromatic nitrogens is 2. The number of fused-ring (bicyclic) bond motifs is 1. The van der Waals surface area contributed by atoms with Crippen molar-refractivity contribution in [1.29, 1.82) is 0 Å². The highest BCUT2D eigenvalue weighted by Crippen LogP contribution is 2.31. The summed E-state index contributed by atoms with van der Waals surface area (Å²) in [5.74, 6) is -0.405. The average molecular weight is 455 g/mol. The molecule has 0 aliphatic heterocycles. The monoisotopic (exact) mass is 454 g/mol. The van der Waals surface area contributed by atoms with E-state index in [-0.39, 0.29) is 5.56 Å². The second-order valence-electron chi connectivity index (χ2n) is 6.21. The number of esters is 1. The molecule has 0 aliphatic carbocycles. The van der Waals surface area contributed by atoms with Crippen LogP contribution in [0.25, 0.3) is 21.3 Å². The van der Waals surface area contributed by atoms with Crippen LogP contribution in [0.1, 0.15) is 15.9 Å². The number of benzene rings is 2. The lowest BCUT2D eigenvalue weighted by Crippen LogP contribution is -2.21. The quantitative estimate of drug-likeness (QED) is 0.418. The molecule has 2 heterocycles. The van der Waals surface area contributed by atoms with Crippen LogP contribution in [0, 0.1) is 0 Å². The van der Waals surface area contributed by atoms with Crippen molar-refractivity contribution in [2.45, 2.75) is 6.54 Å². The Morgan fingerprint density at radius 1 is 1.21 bits per heavy atom. The van der Waals surface area contributed by atoms with E-state index in [1.165, 1.54) is 18.4 Å². The van der Waals surface area contributed by atoms with Crippen LogP contribution in [0.5, 0.6) is 0 Å². The molecule has 0 spiro atoms. The lowest BCUT2D eigenvalue weighted by atomic mass is 10.1. The molecule has 4 aromatic rings. The number of ether oxygens (including phenoxy) is 1. The SMILES string of the molecule is COC(=O)c1cccc(Cn2cnc3scc(-c4ccc(Br)cc4)c3c2=O)c1. The minimum absolute atomic E-state index is 0.104. The Bertz CT molecular complexity index is 1230. The molecular formula is C21H15BrN2O3S. The maximum Gasteiger partial charge on any atom is 0.337 e. The molecule has 2 aromatic carbocycles. The third-order valence-electron chi connectivity index (χ3n) is 4.42. The van der Waals surface area contributed by atoms with Crippen LogP contribution in [0.4, 0.5) is 0 Å². The summed E-state index contributed by atoms with van der Waals surface area (Å²) in [6.07, 6.45) is 1.55. The molecule has 0 bridgehead atoms. The molecule has 7 heteroatoms. The van der Waals surface area contributed by atoms with Crippen molar-refractivity contribution >= 4 is 43.5 Å². The number of carbonyl (C=O) groups excluding carboxylic acids is 1. The van der Waals surface area contributed by atoms with Gasteiger partial charge in [-0.15, -0.1) is 11.3 Å². The molecule has 0 atom stereocenters. The summed E-state index contributed by atoms with van der Waals surface area (Å²) < 4.78 is 7.31. The molecule has 0 saturated carbocycles. The van der Waals surface area contributed by atoms with E-state index in [0.29, 0.717) is 22.3 Å². The summed E-state index contributed by atoms with van der Waals surface area (Å²) >= 11 is 4.89. The van der Waals surface area contributed by atoms with Gasteiger partial charge in [0.2, 0.25) is 0 Å². The molecular weight excluding hydrogens is 440 g/mol.